The summed E-state index contributed by atoms with van der Waals surface area (Å²) >= 11 is 0. The van der Waals surface area contributed by atoms with Gasteiger partial charge in [0, 0.05) is 24.4 Å². The fourth-order valence-electron chi connectivity index (χ4n) is 3.21. The Balaban J connectivity index is 1.71. The Kier molecular flexibility index (Phi) is 4.80. The zero-order valence-electron chi connectivity index (χ0n) is 13.4. The van der Waals surface area contributed by atoms with Crippen molar-refractivity contribution >= 4 is 23.4 Å². The number of carbonyl (C=O) groups is 3. The van der Waals surface area contributed by atoms with Crippen LogP contribution in [0.2, 0.25) is 0 Å². The molecule has 7 nitrogen and oxygen atoms in total. The third-order valence-electron chi connectivity index (χ3n) is 4.44. The van der Waals surface area contributed by atoms with Gasteiger partial charge in [0.25, 0.3) is 11.8 Å². The van der Waals surface area contributed by atoms with Gasteiger partial charge in [-0.15, -0.1) is 0 Å². The molecule has 2 aliphatic rings. The monoisotopic (exact) mass is 331 g/mol. The summed E-state index contributed by atoms with van der Waals surface area (Å²) in [5, 5.41) is 2.78. The van der Waals surface area contributed by atoms with Crippen molar-refractivity contribution in [3.8, 4) is 0 Å². The Morgan fingerprint density at radius 2 is 2.04 bits per heavy atom. The van der Waals surface area contributed by atoms with Crippen molar-refractivity contribution < 1.29 is 19.1 Å². The first-order valence-corrected chi connectivity index (χ1v) is 8.19. The Morgan fingerprint density at radius 3 is 2.75 bits per heavy atom. The Labute approximate surface area is 140 Å². The maximum Gasteiger partial charge on any atom is 0.254 e. The minimum absolute atomic E-state index is 0.201. The van der Waals surface area contributed by atoms with Crippen molar-refractivity contribution in [2.75, 3.05) is 18.5 Å². The first kappa shape index (κ1) is 16.4. The number of amides is 3. The van der Waals surface area contributed by atoms with Crippen LogP contribution in [0.15, 0.2) is 24.3 Å². The maximum atomic E-state index is 12.6. The normalized spacial score (nSPS) is 23.2. The van der Waals surface area contributed by atoms with Gasteiger partial charge in [-0.05, 0) is 43.9 Å². The molecule has 3 N–H and O–H groups in total. The van der Waals surface area contributed by atoms with Gasteiger partial charge in [0.15, 0.2) is 0 Å². The topological polar surface area (TPSA) is 102 Å². The van der Waals surface area contributed by atoms with E-state index in [4.69, 9.17) is 10.5 Å². The second-order valence-electron chi connectivity index (χ2n) is 6.13. The third kappa shape index (κ3) is 3.41. The van der Waals surface area contributed by atoms with Crippen LogP contribution < -0.4 is 11.1 Å². The number of hydrogen-bond acceptors (Lipinski definition) is 4. The molecule has 24 heavy (non-hydrogen) atoms. The molecule has 1 aromatic rings. The second-order valence-corrected chi connectivity index (χ2v) is 6.13. The molecule has 2 heterocycles. The third-order valence-corrected chi connectivity index (χ3v) is 4.44. The van der Waals surface area contributed by atoms with Crippen molar-refractivity contribution in [1.82, 2.24) is 4.90 Å². The van der Waals surface area contributed by atoms with Crippen LogP contribution in [0.25, 0.3) is 0 Å². The zero-order valence-corrected chi connectivity index (χ0v) is 13.4. The molecule has 1 aromatic carbocycles. The summed E-state index contributed by atoms with van der Waals surface area (Å²) in [7, 11) is 0. The molecule has 0 aliphatic carbocycles. The highest BCUT2D eigenvalue weighted by molar-refractivity contribution is 6.00. The van der Waals surface area contributed by atoms with Gasteiger partial charge in [0.1, 0.15) is 12.1 Å². The van der Waals surface area contributed by atoms with Crippen LogP contribution in [0.5, 0.6) is 0 Å². The zero-order chi connectivity index (χ0) is 17.1. The fourth-order valence-corrected chi connectivity index (χ4v) is 3.21. The van der Waals surface area contributed by atoms with Crippen LogP contribution in [0.1, 0.15) is 36.0 Å². The van der Waals surface area contributed by atoms with E-state index in [0.717, 1.165) is 12.8 Å². The lowest BCUT2D eigenvalue weighted by Gasteiger charge is -2.22. The summed E-state index contributed by atoms with van der Waals surface area (Å²) in [5.74, 6) is -0.929. The predicted octanol–water partition coefficient (Wildman–Crippen LogP) is 0.894. The molecule has 2 aliphatic heterocycles. The van der Waals surface area contributed by atoms with Crippen LogP contribution in [0, 0.1) is 0 Å². The average Bonchev–Trinajstić information content (AvgIpc) is 3.25. The molecule has 0 spiro atoms. The summed E-state index contributed by atoms with van der Waals surface area (Å²) in [6.45, 7) is 1.11. The summed E-state index contributed by atoms with van der Waals surface area (Å²) in [5.41, 5.74) is 6.33. The fraction of sp³-hybridized carbons (Fsp3) is 0.471. The van der Waals surface area contributed by atoms with Gasteiger partial charge < -0.3 is 20.7 Å². The van der Waals surface area contributed by atoms with Gasteiger partial charge >= 0.3 is 0 Å². The number of nitrogens with two attached hydrogens (primary N) is 1. The highest BCUT2D eigenvalue weighted by atomic mass is 16.5. The number of anilines is 1. The maximum absolute atomic E-state index is 12.6. The molecule has 0 unspecified atom stereocenters. The van der Waals surface area contributed by atoms with E-state index in [1.54, 1.807) is 24.3 Å². The first-order valence-electron chi connectivity index (χ1n) is 8.19. The predicted molar refractivity (Wildman–Crippen MR) is 87.3 cm³/mol. The highest BCUT2D eigenvalue weighted by Crippen LogP contribution is 2.22. The number of carbonyl (C=O) groups excluding carboxylic acids is 3. The summed E-state index contributed by atoms with van der Waals surface area (Å²) in [6, 6.07) is 6.15. The Morgan fingerprint density at radius 1 is 1.21 bits per heavy atom. The molecular weight excluding hydrogens is 310 g/mol. The molecule has 0 saturated carbocycles. The van der Waals surface area contributed by atoms with Crippen molar-refractivity contribution in [3.05, 3.63) is 29.8 Å². The number of likely N-dealkylation sites (tertiary alicyclic amines) is 1. The molecule has 128 valence electrons. The molecule has 0 bridgehead atoms. The summed E-state index contributed by atoms with van der Waals surface area (Å²) in [4.78, 5) is 37.7. The molecule has 7 heteroatoms. The van der Waals surface area contributed by atoms with E-state index in [-0.39, 0.29) is 11.8 Å². The number of primary amides is 1. The van der Waals surface area contributed by atoms with Crippen molar-refractivity contribution in [3.63, 3.8) is 0 Å². The molecule has 2 saturated heterocycles. The quantitative estimate of drug-likeness (QED) is 0.855. The Bertz CT molecular complexity index is 655. The lowest BCUT2D eigenvalue weighted by atomic mass is 10.1. The first-order chi connectivity index (χ1) is 11.6. The lowest BCUT2D eigenvalue weighted by molar-refractivity contribution is -0.124. The van der Waals surface area contributed by atoms with Crippen LogP contribution in [-0.2, 0) is 14.3 Å². The van der Waals surface area contributed by atoms with E-state index in [1.807, 2.05) is 0 Å². The minimum Gasteiger partial charge on any atom is -0.368 e. The number of rotatable bonds is 4. The number of nitrogens with zero attached hydrogens (tertiary/aromatic N) is 1. The molecule has 3 amide bonds. The highest BCUT2D eigenvalue weighted by Gasteiger charge is 2.33. The average molecular weight is 331 g/mol. The smallest absolute Gasteiger partial charge is 0.254 e. The van der Waals surface area contributed by atoms with Crippen LogP contribution in [0.3, 0.4) is 0 Å². The molecule has 0 aromatic heterocycles. The molecule has 3 rings (SSSR count). The van der Waals surface area contributed by atoms with Gasteiger partial charge in [-0.25, -0.2) is 0 Å². The van der Waals surface area contributed by atoms with Gasteiger partial charge in [-0.1, -0.05) is 6.07 Å². The number of benzene rings is 1. The largest absolute Gasteiger partial charge is 0.368 e. The standard InChI is InChI=1S/C17H21N3O4/c18-15(21)13-6-2-8-20(13)17(23)11-4-1-5-12(10-11)19-16(22)14-7-3-9-24-14/h1,4-5,10,13-14H,2-3,6-9H2,(H2,18,21)(H,19,22)/t13-,14+/m0/s1. The van der Waals surface area contributed by atoms with E-state index >= 15 is 0 Å². The van der Waals surface area contributed by atoms with Gasteiger partial charge in [-0.3, -0.25) is 14.4 Å². The minimum atomic E-state index is -0.553. The SMILES string of the molecule is NC(=O)[C@@H]1CCCN1C(=O)c1cccc(NC(=O)[C@H]2CCCO2)c1. The summed E-state index contributed by atoms with van der Waals surface area (Å²) < 4.78 is 5.35. The van der Waals surface area contributed by atoms with E-state index in [1.165, 1.54) is 4.90 Å². The molecular formula is C17H21N3O4. The van der Waals surface area contributed by atoms with Gasteiger partial charge in [0.05, 0.1) is 0 Å². The van der Waals surface area contributed by atoms with Crippen molar-refractivity contribution in [2.24, 2.45) is 5.73 Å². The summed E-state index contributed by atoms with van der Waals surface area (Å²) in [6.07, 6.45) is 2.51. The van der Waals surface area contributed by atoms with Crippen LogP contribution >= 0.6 is 0 Å². The van der Waals surface area contributed by atoms with Crippen molar-refractivity contribution in [1.29, 1.82) is 0 Å². The number of ether oxygens (including phenoxy) is 1. The molecule has 0 radical (unpaired) electrons. The number of nitrogens with one attached hydrogen (secondary N) is 1. The van der Waals surface area contributed by atoms with E-state index in [0.29, 0.717) is 37.2 Å². The van der Waals surface area contributed by atoms with E-state index < -0.39 is 18.1 Å². The second kappa shape index (κ2) is 7.00. The number of hydrogen-bond donors (Lipinski definition) is 2. The van der Waals surface area contributed by atoms with Gasteiger partial charge in [0.2, 0.25) is 5.91 Å². The lowest BCUT2D eigenvalue weighted by Crippen LogP contribution is -2.43. The van der Waals surface area contributed by atoms with Crippen LogP contribution in [-0.4, -0.2) is 47.9 Å². The van der Waals surface area contributed by atoms with E-state index in [9.17, 15) is 14.4 Å². The molecule has 2 fully saturated rings. The molecule has 2 atom stereocenters. The Hall–Kier alpha value is -2.41. The van der Waals surface area contributed by atoms with E-state index in [2.05, 4.69) is 5.32 Å². The van der Waals surface area contributed by atoms with Gasteiger partial charge in [-0.2, -0.15) is 0 Å². The van der Waals surface area contributed by atoms with Crippen molar-refractivity contribution in [2.45, 2.75) is 37.8 Å². The van der Waals surface area contributed by atoms with Crippen LogP contribution in [0.4, 0.5) is 5.69 Å².